The third kappa shape index (κ3) is 3.10. The van der Waals surface area contributed by atoms with Gasteiger partial charge in [-0.3, -0.25) is 0 Å². The van der Waals surface area contributed by atoms with Crippen LogP contribution in [0.25, 0.3) is 5.57 Å². The van der Waals surface area contributed by atoms with Gasteiger partial charge in [0.15, 0.2) is 0 Å². The maximum absolute atomic E-state index is 11.2. The number of allylic oxidation sites excluding steroid dienone is 1. The number of halogens is 1. The van der Waals surface area contributed by atoms with Crippen LogP contribution in [0.15, 0.2) is 30.3 Å². The lowest BCUT2D eigenvalue weighted by atomic mass is 10.1. The molecule has 0 aliphatic rings. The third-order valence-corrected chi connectivity index (χ3v) is 2.69. The van der Waals surface area contributed by atoms with Gasteiger partial charge in [-0.05, 0) is 11.6 Å². The fraction of sp³-hybridized carbons (Fsp3) is 0.250. The van der Waals surface area contributed by atoms with Crippen molar-refractivity contribution < 1.29 is 14.3 Å². The topological polar surface area (TPSA) is 35.5 Å². The minimum atomic E-state index is -0.375. The zero-order valence-electron chi connectivity index (χ0n) is 9.20. The Morgan fingerprint density at radius 1 is 1.38 bits per heavy atom. The summed E-state index contributed by atoms with van der Waals surface area (Å²) in [7, 11) is 2.95. The number of benzene rings is 1. The van der Waals surface area contributed by atoms with Gasteiger partial charge in [0, 0.05) is 17.0 Å². The lowest BCUT2D eigenvalue weighted by molar-refractivity contribution is -0.134. The Morgan fingerprint density at radius 2 is 2.06 bits per heavy atom. The van der Waals surface area contributed by atoms with E-state index in [0.29, 0.717) is 5.33 Å². The Balaban J connectivity index is 3.13. The van der Waals surface area contributed by atoms with Gasteiger partial charge < -0.3 is 9.47 Å². The highest BCUT2D eigenvalue weighted by atomic mass is 79.9. The highest BCUT2D eigenvalue weighted by Crippen LogP contribution is 2.26. The first-order chi connectivity index (χ1) is 7.72. The molecule has 0 saturated heterocycles. The molecule has 0 aliphatic carbocycles. The van der Waals surface area contributed by atoms with E-state index in [9.17, 15) is 4.79 Å². The van der Waals surface area contributed by atoms with Gasteiger partial charge in [0.1, 0.15) is 5.75 Å². The minimum Gasteiger partial charge on any atom is -0.496 e. The molecule has 3 nitrogen and oxygen atoms in total. The van der Waals surface area contributed by atoms with Crippen LogP contribution in [0.5, 0.6) is 5.75 Å². The van der Waals surface area contributed by atoms with Gasteiger partial charge in [-0.2, -0.15) is 0 Å². The van der Waals surface area contributed by atoms with Crippen LogP contribution in [0.3, 0.4) is 0 Å². The molecule has 0 N–H and O–H groups in total. The lowest BCUT2D eigenvalue weighted by Gasteiger charge is -2.09. The van der Waals surface area contributed by atoms with Crippen molar-refractivity contribution in [1.82, 2.24) is 0 Å². The quantitative estimate of drug-likeness (QED) is 0.484. The second-order valence-corrected chi connectivity index (χ2v) is 3.59. The molecule has 0 heterocycles. The monoisotopic (exact) mass is 284 g/mol. The molecule has 0 saturated carbocycles. The molecule has 1 aromatic carbocycles. The molecule has 0 aromatic heterocycles. The van der Waals surface area contributed by atoms with Gasteiger partial charge in [-0.15, -0.1) is 0 Å². The fourth-order valence-electron chi connectivity index (χ4n) is 1.30. The number of hydrogen-bond donors (Lipinski definition) is 0. The molecule has 0 radical (unpaired) electrons. The molecule has 0 fully saturated rings. The largest absolute Gasteiger partial charge is 0.496 e. The molecule has 4 heteroatoms. The molecule has 0 aliphatic heterocycles. The molecule has 16 heavy (non-hydrogen) atoms. The summed E-state index contributed by atoms with van der Waals surface area (Å²) in [5.74, 6) is 0.359. The number of rotatable bonds is 4. The molecule has 1 aromatic rings. The number of para-hydroxylation sites is 1. The smallest absolute Gasteiger partial charge is 0.330 e. The SMILES string of the molecule is COC(=O)/C=C(/CBr)c1ccccc1OC. The standard InChI is InChI=1S/C12H13BrO3/c1-15-11-6-4-3-5-10(11)9(8-13)7-12(14)16-2/h3-7H,8H2,1-2H3/b9-7-. The maximum atomic E-state index is 11.2. The summed E-state index contributed by atoms with van der Waals surface area (Å²) in [6.45, 7) is 0. The van der Waals surface area contributed by atoms with E-state index >= 15 is 0 Å². The van der Waals surface area contributed by atoms with Crippen molar-refractivity contribution in [2.24, 2.45) is 0 Å². The van der Waals surface area contributed by atoms with Crippen LogP contribution in [0, 0.1) is 0 Å². The van der Waals surface area contributed by atoms with Crippen LogP contribution < -0.4 is 4.74 Å². The van der Waals surface area contributed by atoms with E-state index in [1.165, 1.54) is 13.2 Å². The zero-order valence-corrected chi connectivity index (χ0v) is 10.8. The van der Waals surface area contributed by atoms with E-state index in [1.54, 1.807) is 7.11 Å². The predicted molar refractivity (Wildman–Crippen MR) is 66.8 cm³/mol. The number of alkyl halides is 1. The van der Waals surface area contributed by atoms with Crippen molar-refractivity contribution in [1.29, 1.82) is 0 Å². The van der Waals surface area contributed by atoms with Crippen LogP contribution in [0.4, 0.5) is 0 Å². The highest BCUT2D eigenvalue weighted by Gasteiger charge is 2.08. The van der Waals surface area contributed by atoms with E-state index in [0.717, 1.165) is 16.9 Å². The van der Waals surface area contributed by atoms with Crippen LogP contribution in [-0.2, 0) is 9.53 Å². The fourth-order valence-corrected chi connectivity index (χ4v) is 1.76. The van der Waals surface area contributed by atoms with Crippen molar-refractivity contribution in [2.45, 2.75) is 0 Å². The molecular weight excluding hydrogens is 272 g/mol. The summed E-state index contributed by atoms with van der Waals surface area (Å²) in [5, 5.41) is 0.558. The molecule has 0 atom stereocenters. The van der Waals surface area contributed by atoms with Gasteiger partial charge in [0.2, 0.25) is 0 Å². The van der Waals surface area contributed by atoms with E-state index in [4.69, 9.17) is 4.74 Å². The van der Waals surface area contributed by atoms with E-state index in [-0.39, 0.29) is 5.97 Å². The molecule has 86 valence electrons. The minimum absolute atomic E-state index is 0.375. The molecular formula is C12H13BrO3. The van der Waals surface area contributed by atoms with Crippen molar-refractivity contribution in [3.63, 3.8) is 0 Å². The number of carbonyl (C=O) groups excluding carboxylic acids is 1. The van der Waals surface area contributed by atoms with Crippen molar-refractivity contribution in [2.75, 3.05) is 19.5 Å². The van der Waals surface area contributed by atoms with Crippen LogP contribution in [-0.4, -0.2) is 25.5 Å². The maximum Gasteiger partial charge on any atom is 0.330 e. The summed E-state index contributed by atoms with van der Waals surface area (Å²) in [5.41, 5.74) is 1.71. The van der Waals surface area contributed by atoms with E-state index in [2.05, 4.69) is 20.7 Å². The number of methoxy groups -OCH3 is 2. The van der Waals surface area contributed by atoms with Crippen molar-refractivity contribution in [3.8, 4) is 5.75 Å². The Hall–Kier alpha value is -1.29. The van der Waals surface area contributed by atoms with Gasteiger partial charge in [-0.25, -0.2) is 4.79 Å². The lowest BCUT2D eigenvalue weighted by Crippen LogP contribution is -1.99. The molecule has 0 bridgehead atoms. The number of carbonyl (C=O) groups is 1. The zero-order chi connectivity index (χ0) is 12.0. The van der Waals surface area contributed by atoms with Crippen LogP contribution in [0.1, 0.15) is 5.56 Å². The Bertz CT molecular complexity index is 399. The first-order valence-corrected chi connectivity index (χ1v) is 5.83. The summed E-state index contributed by atoms with van der Waals surface area (Å²) < 4.78 is 9.83. The summed E-state index contributed by atoms with van der Waals surface area (Å²) in [6.07, 6.45) is 1.45. The Kier molecular flexibility index (Phi) is 5.05. The first kappa shape index (κ1) is 12.8. The number of esters is 1. The molecule has 0 spiro atoms. The Labute approximate surface area is 103 Å². The summed E-state index contributed by atoms with van der Waals surface area (Å²) in [6, 6.07) is 7.52. The van der Waals surface area contributed by atoms with E-state index < -0.39 is 0 Å². The number of ether oxygens (including phenoxy) is 2. The molecule has 1 rings (SSSR count). The number of hydrogen-bond acceptors (Lipinski definition) is 3. The van der Waals surface area contributed by atoms with Crippen molar-refractivity contribution >= 4 is 27.5 Å². The predicted octanol–water partition coefficient (Wildman–Crippen LogP) is 2.65. The Morgan fingerprint density at radius 3 is 2.62 bits per heavy atom. The van der Waals surface area contributed by atoms with Gasteiger partial charge in [-0.1, -0.05) is 34.1 Å². The van der Waals surface area contributed by atoms with Crippen molar-refractivity contribution in [3.05, 3.63) is 35.9 Å². The average molecular weight is 285 g/mol. The normalized spacial score (nSPS) is 11.1. The second kappa shape index (κ2) is 6.33. The molecule has 0 amide bonds. The van der Waals surface area contributed by atoms with Crippen LogP contribution >= 0.6 is 15.9 Å². The van der Waals surface area contributed by atoms with Gasteiger partial charge in [0.25, 0.3) is 0 Å². The third-order valence-electron chi connectivity index (χ3n) is 2.09. The average Bonchev–Trinajstić information content (AvgIpc) is 2.35. The van der Waals surface area contributed by atoms with Gasteiger partial charge >= 0.3 is 5.97 Å². The van der Waals surface area contributed by atoms with E-state index in [1.807, 2.05) is 24.3 Å². The highest BCUT2D eigenvalue weighted by molar-refractivity contribution is 9.09. The summed E-state index contributed by atoms with van der Waals surface area (Å²) >= 11 is 3.34. The molecule has 0 unspecified atom stereocenters. The van der Waals surface area contributed by atoms with Crippen LogP contribution in [0.2, 0.25) is 0 Å². The first-order valence-electron chi connectivity index (χ1n) is 4.70. The summed E-state index contributed by atoms with van der Waals surface area (Å²) in [4.78, 5) is 11.2. The second-order valence-electron chi connectivity index (χ2n) is 3.03. The van der Waals surface area contributed by atoms with Gasteiger partial charge in [0.05, 0.1) is 14.2 Å².